The van der Waals surface area contributed by atoms with Crippen molar-refractivity contribution in [3.63, 3.8) is 0 Å². The molecule has 34 heavy (non-hydrogen) atoms. The van der Waals surface area contributed by atoms with E-state index >= 15 is 0 Å². The lowest BCUT2D eigenvalue weighted by molar-refractivity contribution is -0.137. The third-order valence-electron chi connectivity index (χ3n) is 3.99. The summed E-state index contributed by atoms with van der Waals surface area (Å²) >= 11 is 1.23. The van der Waals surface area contributed by atoms with Crippen LogP contribution in [-0.4, -0.2) is 41.6 Å². The van der Waals surface area contributed by atoms with Crippen molar-refractivity contribution in [1.82, 2.24) is 15.6 Å². The van der Waals surface area contributed by atoms with Crippen LogP contribution in [0.25, 0.3) is 10.6 Å². The Balaban J connectivity index is 2.00. The minimum absolute atomic E-state index is 0.0801. The Bertz CT molecular complexity index is 1130. The summed E-state index contributed by atoms with van der Waals surface area (Å²) in [7, 11) is 1.18. The number of amides is 3. The number of thiazole rings is 1. The van der Waals surface area contributed by atoms with Crippen LogP contribution in [0.4, 0.5) is 10.5 Å². The smallest absolute Gasteiger partial charge is 0.412 e. The molecule has 1 aromatic carbocycles. The highest BCUT2D eigenvalue weighted by Crippen LogP contribution is 2.25. The van der Waals surface area contributed by atoms with Gasteiger partial charge in [0.25, 0.3) is 11.8 Å². The minimum atomic E-state index is -0.768. The van der Waals surface area contributed by atoms with Crippen molar-refractivity contribution in [2.24, 2.45) is 0 Å². The van der Waals surface area contributed by atoms with Crippen LogP contribution in [0.1, 0.15) is 38.2 Å². The van der Waals surface area contributed by atoms with Gasteiger partial charge in [-0.1, -0.05) is 12.7 Å². The average Bonchev–Trinajstić information content (AvgIpc) is 3.26. The number of esters is 1. The van der Waals surface area contributed by atoms with E-state index in [1.807, 2.05) is 0 Å². The van der Waals surface area contributed by atoms with Crippen LogP contribution in [0.2, 0.25) is 0 Å². The molecule has 0 spiro atoms. The summed E-state index contributed by atoms with van der Waals surface area (Å²) in [6.45, 7) is 10.4. The number of aromatic nitrogens is 1. The first-order valence-corrected chi connectivity index (χ1v) is 10.9. The molecule has 3 amide bonds. The van der Waals surface area contributed by atoms with Crippen molar-refractivity contribution in [1.29, 1.82) is 0 Å². The lowest BCUT2D eigenvalue weighted by Crippen LogP contribution is -2.36. The Morgan fingerprint density at radius 2 is 1.74 bits per heavy atom. The van der Waals surface area contributed by atoms with Crippen LogP contribution in [0.5, 0.6) is 0 Å². The van der Waals surface area contributed by atoms with Gasteiger partial charge >= 0.3 is 12.1 Å². The Morgan fingerprint density at radius 3 is 2.29 bits per heavy atom. The molecule has 10 nitrogen and oxygen atoms in total. The van der Waals surface area contributed by atoms with Crippen LogP contribution in [0, 0.1) is 0 Å². The van der Waals surface area contributed by atoms with Crippen molar-refractivity contribution < 1.29 is 28.7 Å². The van der Waals surface area contributed by atoms with Gasteiger partial charge in [-0.3, -0.25) is 14.9 Å². The van der Waals surface area contributed by atoms with Gasteiger partial charge in [0.05, 0.1) is 12.8 Å². The number of carbonyl (C=O) groups excluding carboxylic acids is 4. The Kier molecular flexibility index (Phi) is 8.68. The van der Waals surface area contributed by atoms with Gasteiger partial charge in [-0.25, -0.2) is 14.6 Å². The van der Waals surface area contributed by atoms with E-state index < -0.39 is 29.5 Å². The molecule has 0 saturated heterocycles. The third-order valence-corrected chi connectivity index (χ3v) is 4.89. The molecule has 0 bridgehead atoms. The van der Waals surface area contributed by atoms with Gasteiger partial charge in [-0.2, -0.15) is 0 Å². The highest BCUT2D eigenvalue weighted by atomic mass is 32.1. The minimum Gasteiger partial charge on any atom is -0.464 e. The number of allylic oxidation sites excluding steroid dienone is 1. The second kappa shape index (κ2) is 11.2. The van der Waals surface area contributed by atoms with Crippen LogP contribution in [0.15, 0.2) is 53.7 Å². The first-order chi connectivity index (χ1) is 15.9. The van der Waals surface area contributed by atoms with Crippen LogP contribution in [-0.2, 0) is 19.1 Å². The molecular formula is C23H26N4O6S. The van der Waals surface area contributed by atoms with Gasteiger partial charge in [0.15, 0.2) is 0 Å². The molecule has 0 saturated carbocycles. The lowest BCUT2D eigenvalue weighted by atomic mass is 10.2. The molecule has 180 valence electrons. The molecular weight excluding hydrogens is 460 g/mol. The van der Waals surface area contributed by atoms with E-state index in [9.17, 15) is 19.2 Å². The monoisotopic (exact) mass is 486 g/mol. The summed E-state index contributed by atoms with van der Waals surface area (Å²) in [6, 6.07) is 6.86. The number of hydrogen-bond donors (Lipinski definition) is 3. The average molecular weight is 487 g/mol. The number of ether oxygens (including phenoxy) is 2. The molecule has 2 rings (SSSR count). The zero-order valence-electron chi connectivity index (χ0n) is 19.5. The summed E-state index contributed by atoms with van der Waals surface area (Å²) in [6.07, 6.45) is 0.797. The largest absolute Gasteiger partial charge is 0.464 e. The molecule has 11 heteroatoms. The quantitative estimate of drug-likeness (QED) is 0.402. The number of nitrogens with zero attached hydrogens (tertiary/aromatic N) is 1. The fourth-order valence-corrected chi connectivity index (χ4v) is 3.24. The van der Waals surface area contributed by atoms with Gasteiger partial charge < -0.3 is 20.1 Å². The molecule has 2 aromatic rings. The van der Waals surface area contributed by atoms with Crippen molar-refractivity contribution in [2.75, 3.05) is 12.4 Å². The van der Waals surface area contributed by atoms with Gasteiger partial charge in [0, 0.05) is 16.6 Å². The number of hydrogen-bond acceptors (Lipinski definition) is 8. The Hall–Kier alpha value is -3.99. The summed E-state index contributed by atoms with van der Waals surface area (Å²) in [4.78, 5) is 52.4. The van der Waals surface area contributed by atoms with Gasteiger partial charge in [-0.15, -0.1) is 11.3 Å². The molecule has 0 aliphatic heterocycles. The summed E-state index contributed by atoms with van der Waals surface area (Å²) in [5, 5.41) is 9.40. The summed E-state index contributed by atoms with van der Waals surface area (Å²) in [5.41, 5.74) is 0.408. The topological polar surface area (TPSA) is 136 Å². The van der Waals surface area contributed by atoms with E-state index in [0.717, 1.165) is 5.56 Å². The molecule has 0 aliphatic carbocycles. The lowest BCUT2D eigenvalue weighted by Gasteiger charge is -2.19. The SMILES string of the molecule is C=C(NC(=O)c1csc(-c2ccc(NC(=O)OC(C)(C)C)cc2)n1)C(=O)N/C(=C\C)C(=O)OC. The predicted molar refractivity (Wildman–Crippen MR) is 128 cm³/mol. The van der Waals surface area contributed by atoms with Crippen molar-refractivity contribution in [2.45, 2.75) is 33.3 Å². The second-order valence-electron chi connectivity index (χ2n) is 7.82. The molecule has 0 fully saturated rings. The number of rotatable bonds is 7. The fourth-order valence-electron chi connectivity index (χ4n) is 2.43. The molecule has 3 N–H and O–H groups in total. The Labute approximate surface area is 201 Å². The number of anilines is 1. The standard InChI is InChI=1S/C23H26N4O6S/c1-7-16(21(30)32-6)26-18(28)13(2)24-19(29)17-12-34-20(27-17)14-8-10-15(11-9-14)25-22(31)33-23(3,4)5/h7-12H,2H2,1,3-6H3,(H,24,29)(H,25,31)(H,26,28)/b16-7-. The number of benzene rings is 1. The van der Waals surface area contributed by atoms with Gasteiger partial charge in [0.1, 0.15) is 22.0 Å². The van der Waals surface area contributed by atoms with E-state index in [2.05, 4.69) is 32.3 Å². The number of methoxy groups -OCH3 is 1. The Morgan fingerprint density at radius 1 is 1.09 bits per heavy atom. The molecule has 0 atom stereocenters. The summed E-state index contributed by atoms with van der Waals surface area (Å²) < 4.78 is 9.76. The van der Waals surface area contributed by atoms with Crippen LogP contribution in [0.3, 0.4) is 0 Å². The van der Waals surface area contributed by atoms with E-state index in [-0.39, 0.29) is 17.1 Å². The van der Waals surface area contributed by atoms with Crippen LogP contribution >= 0.6 is 11.3 Å². The molecule has 0 unspecified atom stereocenters. The molecule has 1 aromatic heterocycles. The van der Waals surface area contributed by atoms with Crippen molar-refractivity contribution in [3.8, 4) is 10.6 Å². The zero-order valence-corrected chi connectivity index (χ0v) is 20.3. The van der Waals surface area contributed by atoms with Crippen molar-refractivity contribution in [3.05, 3.63) is 59.4 Å². The highest BCUT2D eigenvalue weighted by molar-refractivity contribution is 7.13. The van der Waals surface area contributed by atoms with E-state index in [4.69, 9.17) is 4.74 Å². The number of nitrogens with one attached hydrogen (secondary N) is 3. The molecule has 1 heterocycles. The maximum atomic E-state index is 12.5. The summed E-state index contributed by atoms with van der Waals surface area (Å²) in [5.74, 6) is -2.13. The maximum Gasteiger partial charge on any atom is 0.412 e. The number of carbonyl (C=O) groups is 4. The normalized spacial score (nSPS) is 11.3. The first kappa shape index (κ1) is 26.3. The third kappa shape index (κ3) is 7.55. The van der Waals surface area contributed by atoms with Gasteiger partial charge in [-0.05, 0) is 52.0 Å². The second-order valence-corrected chi connectivity index (χ2v) is 8.68. The maximum absolute atomic E-state index is 12.5. The first-order valence-electron chi connectivity index (χ1n) is 10.1. The predicted octanol–water partition coefficient (Wildman–Crippen LogP) is 3.59. The van der Waals surface area contributed by atoms with E-state index in [0.29, 0.717) is 10.7 Å². The molecule has 0 aliphatic rings. The van der Waals surface area contributed by atoms with Gasteiger partial charge in [0.2, 0.25) is 0 Å². The zero-order chi connectivity index (χ0) is 25.5. The van der Waals surface area contributed by atoms with Crippen LogP contribution < -0.4 is 16.0 Å². The fraction of sp³-hybridized carbons (Fsp3) is 0.261. The highest BCUT2D eigenvalue weighted by Gasteiger charge is 2.19. The van der Waals surface area contributed by atoms with E-state index in [1.54, 1.807) is 52.0 Å². The van der Waals surface area contributed by atoms with Crippen molar-refractivity contribution >= 4 is 40.9 Å². The molecule has 0 radical (unpaired) electrons. The van der Waals surface area contributed by atoms with E-state index in [1.165, 1.54) is 29.9 Å².